The molecule has 3 N–H and O–H groups in total. The number of hydrogen-bond acceptors (Lipinski definition) is 3. The topological polar surface area (TPSA) is 58.4 Å². The highest BCUT2D eigenvalue weighted by Gasteiger charge is 2.17. The number of benzene rings is 1. The first kappa shape index (κ1) is 15.5. The molecule has 106 valence electrons. The van der Waals surface area contributed by atoms with E-state index in [1.807, 2.05) is 38.1 Å². The monoisotopic (exact) mass is 263 g/mol. The van der Waals surface area contributed by atoms with Crippen LogP contribution in [0.15, 0.2) is 24.3 Å². The maximum Gasteiger partial charge on any atom is 0.234 e. The number of rotatable bonds is 6. The van der Waals surface area contributed by atoms with Crippen LogP contribution in [0, 0.1) is 0 Å². The van der Waals surface area contributed by atoms with Gasteiger partial charge in [0.05, 0.1) is 6.54 Å². The third-order valence-electron chi connectivity index (χ3n) is 3.14. The Morgan fingerprint density at radius 1 is 1.37 bits per heavy atom. The predicted molar refractivity (Wildman–Crippen MR) is 79.8 cm³/mol. The Kier molecular flexibility index (Phi) is 5.83. The van der Waals surface area contributed by atoms with Crippen molar-refractivity contribution >= 4 is 11.6 Å². The maximum absolute atomic E-state index is 11.8. The molecule has 0 bridgehead atoms. The Morgan fingerprint density at radius 2 is 2.05 bits per heavy atom. The lowest BCUT2D eigenvalue weighted by atomic mass is 10.1. The molecule has 0 aliphatic heterocycles. The van der Waals surface area contributed by atoms with Gasteiger partial charge >= 0.3 is 0 Å². The number of nitrogens with one attached hydrogen (secondary N) is 1. The van der Waals surface area contributed by atoms with E-state index in [0.29, 0.717) is 6.54 Å². The van der Waals surface area contributed by atoms with E-state index in [1.165, 1.54) is 0 Å². The Hall–Kier alpha value is -1.55. The molecule has 0 spiro atoms. The highest BCUT2D eigenvalue weighted by atomic mass is 16.2. The number of nitrogen functional groups attached to an aromatic ring is 1. The van der Waals surface area contributed by atoms with Gasteiger partial charge in [-0.2, -0.15) is 0 Å². The lowest BCUT2D eigenvalue weighted by Crippen LogP contribution is -2.41. The maximum atomic E-state index is 11.8. The van der Waals surface area contributed by atoms with Gasteiger partial charge in [0.2, 0.25) is 5.91 Å². The zero-order valence-electron chi connectivity index (χ0n) is 12.3. The lowest BCUT2D eigenvalue weighted by molar-refractivity contribution is -0.123. The van der Waals surface area contributed by atoms with Crippen LogP contribution >= 0.6 is 0 Å². The SMILES string of the molecule is CCN(CC(=O)NC(C)C)C(C)c1cccc(N)c1. The van der Waals surface area contributed by atoms with E-state index in [0.717, 1.165) is 17.8 Å². The van der Waals surface area contributed by atoms with Gasteiger partial charge in [0.1, 0.15) is 0 Å². The number of likely N-dealkylation sites (N-methyl/N-ethyl adjacent to an activating group) is 1. The van der Waals surface area contributed by atoms with E-state index >= 15 is 0 Å². The lowest BCUT2D eigenvalue weighted by Gasteiger charge is -2.28. The summed E-state index contributed by atoms with van der Waals surface area (Å²) >= 11 is 0. The van der Waals surface area contributed by atoms with Crippen LogP contribution in [0.2, 0.25) is 0 Å². The second kappa shape index (κ2) is 7.14. The zero-order valence-corrected chi connectivity index (χ0v) is 12.3. The van der Waals surface area contributed by atoms with Gasteiger partial charge in [0.25, 0.3) is 0 Å². The molecule has 1 rings (SSSR count). The average Bonchev–Trinajstić information content (AvgIpc) is 2.34. The van der Waals surface area contributed by atoms with Crippen LogP contribution in [-0.4, -0.2) is 29.9 Å². The predicted octanol–water partition coefficient (Wildman–Crippen LogP) is 2.18. The van der Waals surface area contributed by atoms with E-state index in [2.05, 4.69) is 24.1 Å². The average molecular weight is 263 g/mol. The van der Waals surface area contributed by atoms with Crippen molar-refractivity contribution in [1.29, 1.82) is 0 Å². The minimum Gasteiger partial charge on any atom is -0.399 e. The van der Waals surface area contributed by atoms with E-state index < -0.39 is 0 Å². The highest BCUT2D eigenvalue weighted by Crippen LogP contribution is 2.21. The molecule has 1 atom stereocenters. The summed E-state index contributed by atoms with van der Waals surface area (Å²) < 4.78 is 0. The van der Waals surface area contributed by atoms with Crippen molar-refractivity contribution in [3.8, 4) is 0 Å². The highest BCUT2D eigenvalue weighted by molar-refractivity contribution is 5.78. The molecule has 4 heteroatoms. The van der Waals surface area contributed by atoms with Crippen molar-refractivity contribution in [2.75, 3.05) is 18.8 Å². The van der Waals surface area contributed by atoms with Crippen molar-refractivity contribution in [2.45, 2.75) is 39.8 Å². The van der Waals surface area contributed by atoms with Crippen molar-refractivity contribution in [3.05, 3.63) is 29.8 Å². The Labute approximate surface area is 116 Å². The molecular formula is C15H25N3O. The van der Waals surface area contributed by atoms with Crippen LogP contribution < -0.4 is 11.1 Å². The van der Waals surface area contributed by atoms with Gasteiger partial charge < -0.3 is 11.1 Å². The minimum absolute atomic E-state index is 0.0626. The van der Waals surface area contributed by atoms with E-state index in [9.17, 15) is 4.79 Å². The number of nitrogens with zero attached hydrogens (tertiary/aromatic N) is 1. The molecule has 19 heavy (non-hydrogen) atoms. The number of carbonyl (C=O) groups is 1. The van der Waals surface area contributed by atoms with Gasteiger partial charge in [-0.05, 0) is 45.0 Å². The van der Waals surface area contributed by atoms with Crippen LogP contribution in [0.3, 0.4) is 0 Å². The first-order valence-electron chi connectivity index (χ1n) is 6.82. The van der Waals surface area contributed by atoms with Crippen LogP contribution in [0.4, 0.5) is 5.69 Å². The van der Waals surface area contributed by atoms with Crippen LogP contribution in [0.25, 0.3) is 0 Å². The molecule has 1 amide bonds. The summed E-state index contributed by atoms with van der Waals surface area (Å²) in [5, 5.41) is 2.92. The number of amides is 1. The summed E-state index contributed by atoms with van der Waals surface area (Å²) in [6, 6.07) is 8.18. The van der Waals surface area contributed by atoms with Gasteiger partial charge in [-0.15, -0.1) is 0 Å². The molecule has 0 aromatic heterocycles. The standard InChI is InChI=1S/C15H25N3O/c1-5-18(10-15(19)17-11(2)3)12(4)13-7-6-8-14(16)9-13/h6-9,11-12H,5,10,16H2,1-4H3,(H,17,19). The van der Waals surface area contributed by atoms with Crippen molar-refractivity contribution in [3.63, 3.8) is 0 Å². The van der Waals surface area contributed by atoms with Gasteiger partial charge in [-0.1, -0.05) is 19.1 Å². The van der Waals surface area contributed by atoms with E-state index in [4.69, 9.17) is 5.73 Å². The largest absolute Gasteiger partial charge is 0.399 e. The summed E-state index contributed by atoms with van der Waals surface area (Å²) in [5.41, 5.74) is 7.70. The summed E-state index contributed by atoms with van der Waals surface area (Å²) in [4.78, 5) is 14.0. The summed E-state index contributed by atoms with van der Waals surface area (Å²) in [6.07, 6.45) is 0. The molecule has 0 aliphatic carbocycles. The molecule has 0 heterocycles. The van der Waals surface area contributed by atoms with Gasteiger partial charge in [0.15, 0.2) is 0 Å². The van der Waals surface area contributed by atoms with E-state index in [-0.39, 0.29) is 18.0 Å². The molecule has 1 aromatic rings. The first-order valence-corrected chi connectivity index (χ1v) is 6.82. The number of hydrogen-bond donors (Lipinski definition) is 2. The minimum atomic E-state index is 0.0626. The quantitative estimate of drug-likeness (QED) is 0.773. The van der Waals surface area contributed by atoms with Crippen LogP contribution in [0.5, 0.6) is 0 Å². The molecule has 0 radical (unpaired) electrons. The fourth-order valence-corrected chi connectivity index (χ4v) is 2.10. The molecule has 4 nitrogen and oxygen atoms in total. The number of carbonyl (C=O) groups excluding carboxylic acids is 1. The molecule has 0 saturated heterocycles. The Morgan fingerprint density at radius 3 is 2.58 bits per heavy atom. The number of nitrogens with two attached hydrogens (primary N) is 1. The smallest absolute Gasteiger partial charge is 0.234 e. The molecule has 0 aliphatic rings. The summed E-state index contributed by atoms with van der Waals surface area (Å²) in [5.74, 6) is 0.0626. The molecular weight excluding hydrogens is 238 g/mol. The first-order chi connectivity index (χ1) is 8.93. The fourth-order valence-electron chi connectivity index (χ4n) is 2.10. The van der Waals surface area contributed by atoms with Gasteiger partial charge in [0, 0.05) is 17.8 Å². The Bertz CT molecular complexity index is 418. The summed E-state index contributed by atoms with van der Waals surface area (Å²) in [7, 11) is 0. The zero-order chi connectivity index (χ0) is 14.4. The third kappa shape index (κ3) is 4.91. The molecule has 0 fully saturated rings. The number of anilines is 1. The normalized spacial score (nSPS) is 12.7. The third-order valence-corrected chi connectivity index (χ3v) is 3.14. The summed E-state index contributed by atoms with van der Waals surface area (Å²) in [6.45, 7) is 9.32. The molecule has 1 aromatic carbocycles. The molecule has 0 saturated carbocycles. The van der Waals surface area contributed by atoms with Gasteiger partial charge in [-0.25, -0.2) is 0 Å². The van der Waals surface area contributed by atoms with Crippen molar-refractivity contribution in [1.82, 2.24) is 10.2 Å². The fraction of sp³-hybridized carbons (Fsp3) is 0.533. The van der Waals surface area contributed by atoms with E-state index in [1.54, 1.807) is 0 Å². The van der Waals surface area contributed by atoms with Crippen LogP contribution in [-0.2, 0) is 4.79 Å². The Balaban J connectivity index is 2.71. The van der Waals surface area contributed by atoms with Crippen molar-refractivity contribution in [2.24, 2.45) is 0 Å². The van der Waals surface area contributed by atoms with Gasteiger partial charge in [-0.3, -0.25) is 9.69 Å². The second-order valence-electron chi connectivity index (χ2n) is 5.13. The van der Waals surface area contributed by atoms with Crippen molar-refractivity contribution < 1.29 is 4.79 Å². The van der Waals surface area contributed by atoms with Crippen LogP contribution in [0.1, 0.15) is 39.3 Å². The second-order valence-corrected chi connectivity index (χ2v) is 5.13. The molecule has 1 unspecified atom stereocenters.